The van der Waals surface area contributed by atoms with Crippen LogP contribution in [0.1, 0.15) is 21.7 Å². The van der Waals surface area contributed by atoms with Gasteiger partial charge in [0.1, 0.15) is 5.40 Å². The number of nitriles is 1. The standard InChI is InChI=1S/C20H17N5O3S/c1-13-10-16(29-12-21)8-9-17(13)22-18(26)11-28-20(27)19-14(2)23-25(24-19)15-6-4-3-5-7-15/h3-10H,11H2,1-2H3,(H,22,26). The van der Waals surface area contributed by atoms with Crippen molar-refractivity contribution in [2.24, 2.45) is 0 Å². The Balaban J connectivity index is 1.60. The van der Waals surface area contributed by atoms with Crippen molar-refractivity contribution < 1.29 is 14.3 Å². The summed E-state index contributed by atoms with van der Waals surface area (Å²) < 4.78 is 5.08. The van der Waals surface area contributed by atoms with Gasteiger partial charge in [-0.1, -0.05) is 18.2 Å². The summed E-state index contributed by atoms with van der Waals surface area (Å²) in [6.07, 6.45) is 0. The number of aryl methyl sites for hydroxylation is 2. The molecular formula is C20H17N5O3S. The molecule has 0 atom stereocenters. The molecule has 0 aliphatic rings. The molecule has 0 aliphatic carbocycles. The molecule has 1 aromatic heterocycles. The highest BCUT2D eigenvalue weighted by Gasteiger charge is 2.19. The third kappa shape index (κ3) is 5.00. The van der Waals surface area contributed by atoms with Crippen LogP contribution in [-0.2, 0) is 9.53 Å². The predicted molar refractivity (Wildman–Crippen MR) is 108 cm³/mol. The van der Waals surface area contributed by atoms with E-state index in [2.05, 4.69) is 15.5 Å². The highest BCUT2D eigenvalue weighted by molar-refractivity contribution is 8.03. The number of nitrogens with one attached hydrogen (secondary N) is 1. The highest BCUT2D eigenvalue weighted by atomic mass is 32.2. The van der Waals surface area contributed by atoms with Crippen LogP contribution in [-0.4, -0.2) is 33.5 Å². The van der Waals surface area contributed by atoms with Crippen LogP contribution >= 0.6 is 11.8 Å². The number of amides is 1. The molecule has 0 bridgehead atoms. The highest BCUT2D eigenvalue weighted by Crippen LogP contribution is 2.23. The number of thiocyanates is 1. The van der Waals surface area contributed by atoms with Crippen LogP contribution < -0.4 is 5.32 Å². The minimum atomic E-state index is -0.725. The molecule has 0 fully saturated rings. The maximum Gasteiger partial charge on any atom is 0.361 e. The Kier molecular flexibility index (Phi) is 6.26. The summed E-state index contributed by atoms with van der Waals surface area (Å²) in [6, 6.07) is 14.4. The average molecular weight is 407 g/mol. The summed E-state index contributed by atoms with van der Waals surface area (Å²) in [5.74, 6) is -1.20. The zero-order valence-corrected chi connectivity index (χ0v) is 16.6. The first-order valence-electron chi connectivity index (χ1n) is 8.61. The van der Waals surface area contributed by atoms with Gasteiger partial charge >= 0.3 is 5.97 Å². The lowest BCUT2D eigenvalue weighted by Gasteiger charge is -2.09. The number of aromatic nitrogens is 3. The van der Waals surface area contributed by atoms with Crippen molar-refractivity contribution in [2.75, 3.05) is 11.9 Å². The number of carbonyl (C=O) groups is 2. The lowest BCUT2D eigenvalue weighted by atomic mass is 10.2. The van der Waals surface area contributed by atoms with E-state index < -0.39 is 18.5 Å². The Hall–Kier alpha value is -3.64. The molecule has 2 aromatic carbocycles. The molecule has 29 heavy (non-hydrogen) atoms. The summed E-state index contributed by atoms with van der Waals surface area (Å²) in [4.78, 5) is 26.6. The fraction of sp³-hybridized carbons (Fsp3) is 0.150. The molecule has 1 N–H and O–H groups in total. The summed E-state index contributed by atoms with van der Waals surface area (Å²) >= 11 is 1.04. The molecule has 0 unspecified atom stereocenters. The smallest absolute Gasteiger partial charge is 0.361 e. The summed E-state index contributed by atoms with van der Waals surface area (Å²) in [5.41, 5.74) is 2.54. The Labute approximate surface area is 171 Å². The second kappa shape index (κ2) is 9.03. The molecular weight excluding hydrogens is 390 g/mol. The first kappa shape index (κ1) is 20.1. The number of nitrogens with zero attached hydrogens (tertiary/aromatic N) is 4. The molecule has 0 saturated heterocycles. The monoisotopic (exact) mass is 407 g/mol. The van der Waals surface area contributed by atoms with Gasteiger partial charge in [0.25, 0.3) is 5.91 Å². The van der Waals surface area contributed by atoms with E-state index >= 15 is 0 Å². The van der Waals surface area contributed by atoms with E-state index in [-0.39, 0.29) is 5.69 Å². The van der Waals surface area contributed by atoms with Crippen LogP contribution in [0.25, 0.3) is 5.69 Å². The number of esters is 1. The normalized spacial score (nSPS) is 10.2. The van der Waals surface area contributed by atoms with Gasteiger partial charge in [0.15, 0.2) is 12.3 Å². The number of anilines is 1. The van der Waals surface area contributed by atoms with E-state index in [0.717, 1.165) is 22.2 Å². The van der Waals surface area contributed by atoms with Crippen LogP contribution in [0.2, 0.25) is 0 Å². The van der Waals surface area contributed by atoms with Crippen molar-refractivity contribution in [3.8, 4) is 11.1 Å². The van der Waals surface area contributed by atoms with Gasteiger partial charge in [0, 0.05) is 10.6 Å². The molecule has 3 rings (SSSR count). The van der Waals surface area contributed by atoms with Crippen LogP contribution in [0.5, 0.6) is 0 Å². The maximum atomic E-state index is 12.3. The van der Waals surface area contributed by atoms with E-state index in [9.17, 15) is 9.59 Å². The number of thioether (sulfide) groups is 1. The predicted octanol–water partition coefficient (Wildman–Crippen LogP) is 3.25. The van der Waals surface area contributed by atoms with E-state index in [1.54, 1.807) is 25.1 Å². The zero-order valence-electron chi connectivity index (χ0n) is 15.7. The van der Waals surface area contributed by atoms with E-state index in [1.165, 1.54) is 4.80 Å². The minimum absolute atomic E-state index is 0.0516. The molecule has 1 heterocycles. The quantitative estimate of drug-likeness (QED) is 0.379. The molecule has 3 aromatic rings. The number of hydrogen-bond acceptors (Lipinski definition) is 7. The molecule has 146 valence electrons. The second-order valence-electron chi connectivity index (χ2n) is 6.05. The first-order chi connectivity index (χ1) is 14.0. The van der Waals surface area contributed by atoms with Crippen LogP contribution in [0, 0.1) is 24.5 Å². The third-order valence-corrected chi connectivity index (χ3v) is 4.51. The number of carbonyl (C=O) groups excluding carboxylic acids is 2. The van der Waals surface area contributed by atoms with Crippen molar-refractivity contribution >= 4 is 29.3 Å². The van der Waals surface area contributed by atoms with Gasteiger partial charge < -0.3 is 10.1 Å². The SMILES string of the molecule is Cc1cc(SC#N)ccc1NC(=O)COC(=O)c1nn(-c2ccccc2)nc1C. The van der Waals surface area contributed by atoms with Gasteiger partial charge in [-0.05, 0) is 61.5 Å². The number of hydrogen-bond donors (Lipinski definition) is 1. The van der Waals surface area contributed by atoms with E-state index in [0.29, 0.717) is 17.1 Å². The van der Waals surface area contributed by atoms with Crippen molar-refractivity contribution in [1.29, 1.82) is 5.26 Å². The van der Waals surface area contributed by atoms with E-state index in [1.807, 2.05) is 42.7 Å². The van der Waals surface area contributed by atoms with Crippen LogP contribution in [0.4, 0.5) is 5.69 Å². The second-order valence-corrected chi connectivity index (χ2v) is 6.91. The lowest BCUT2D eigenvalue weighted by Crippen LogP contribution is -2.22. The van der Waals surface area contributed by atoms with Crippen molar-refractivity contribution in [3.05, 3.63) is 65.5 Å². The fourth-order valence-electron chi connectivity index (χ4n) is 2.52. The van der Waals surface area contributed by atoms with Crippen molar-refractivity contribution in [3.63, 3.8) is 0 Å². The topological polar surface area (TPSA) is 110 Å². The van der Waals surface area contributed by atoms with Gasteiger partial charge in [-0.2, -0.15) is 15.2 Å². The molecule has 0 spiro atoms. The van der Waals surface area contributed by atoms with Crippen molar-refractivity contribution in [1.82, 2.24) is 15.0 Å². The van der Waals surface area contributed by atoms with Crippen LogP contribution in [0.15, 0.2) is 53.4 Å². The number of para-hydroxylation sites is 1. The van der Waals surface area contributed by atoms with Gasteiger partial charge in [-0.15, -0.1) is 5.10 Å². The zero-order chi connectivity index (χ0) is 20.8. The molecule has 0 saturated carbocycles. The largest absolute Gasteiger partial charge is 0.451 e. The first-order valence-corrected chi connectivity index (χ1v) is 9.42. The molecule has 0 aliphatic heterocycles. The number of rotatable bonds is 6. The lowest BCUT2D eigenvalue weighted by molar-refractivity contribution is -0.119. The average Bonchev–Trinajstić information content (AvgIpc) is 3.11. The number of ether oxygens (including phenoxy) is 1. The molecule has 1 amide bonds. The Morgan fingerprint density at radius 1 is 1.17 bits per heavy atom. The Morgan fingerprint density at radius 3 is 2.62 bits per heavy atom. The van der Waals surface area contributed by atoms with E-state index in [4.69, 9.17) is 10.00 Å². The molecule has 0 radical (unpaired) electrons. The van der Waals surface area contributed by atoms with Gasteiger partial charge in [-0.3, -0.25) is 4.79 Å². The fourth-order valence-corrected chi connectivity index (χ4v) is 3.00. The van der Waals surface area contributed by atoms with Gasteiger partial charge in [0.2, 0.25) is 0 Å². The minimum Gasteiger partial charge on any atom is -0.451 e. The number of benzene rings is 2. The van der Waals surface area contributed by atoms with Crippen LogP contribution in [0.3, 0.4) is 0 Å². The van der Waals surface area contributed by atoms with Gasteiger partial charge in [-0.25, -0.2) is 4.79 Å². The van der Waals surface area contributed by atoms with Gasteiger partial charge in [0.05, 0.1) is 11.4 Å². The summed E-state index contributed by atoms with van der Waals surface area (Å²) in [5, 5.41) is 21.8. The Bertz CT molecular complexity index is 1090. The maximum absolute atomic E-state index is 12.3. The molecule has 8 nitrogen and oxygen atoms in total. The summed E-state index contributed by atoms with van der Waals surface area (Å²) in [7, 11) is 0. The third-order valence-electron chi connectivity index (χ3n) is 3.93. The van der Waals surface area contributed by atoms with Crippen molar-refractivity contribution in [2.45, 2.75) is 18.7 Å². The summed E-state index contributed by atoms with van der Waals surface area (Å²) in [6.45, 7) is 3.01. The Morgan fingerprint density at radius 2 is 1.93 bits per heavy atom. The molecule has 9 heteroatoms.